The summed E-state index contributed by atoms with van der Waals surface area (Å²) in [6, 6.07) is 2.66. The number of ketones is 1. The molecule has 10 nitrogen and oxygen atoms in total. The SMILES string of the molecule is Cn1c(N)c(C(=O)COC(=O)c2cc(Cl)c3c(c2)OCO3)c(=O)[nH]c1=O. The minimum atomic E-state index is -0.960. The molecule has 0 atom stereocenters. The third kappa shape index (κ3) is 3.02. The van der Waals surface area contributed by atoms with E-state index in [2.05, 4.69) is 0 Å². The van der Waals surface area contributed by atoms with Gasteiger partial charge in [-0.3, -0.25) is 19.1 Å². The average Bonchev–Trinajstić information content (AvgIpc) is 3.07. The van der Waals surface area contributed by atoms with Gasteiger partial charge in [0.1, 0.15) is 11.4 Å². The molecular formula is C15H12ClN3O7. The molecule has 3 rings (SSSR count). The second-order valence-electron chi connectivity index (χ2n) is 5.27. The number of hydrogen-bond donors (Lipinski definition) is 2. The van der Waals surface area contributed by atoms with Gasteiger partial charge in [0, 0.05) is 7.05 Å². The van der Waals surface area contributed by atoms with Gasteiger partial charge in [-0.1, -0.05) is 11.6 Å². The number of rotatable bonds is 4. The van der Waals surface area contributed by atoms with E-state index in [1.54, 1.807) is 0 Å². The first-order valence-electron chi connectivity index (χ1n) is 7.18. The molecule has 0 saturated carbocycles. The minimum Gasteiger partial charge on any atom is -0.454 e. The summed E-state index contributed by atoms with van der Waals surface area (Å²) in [5.74, 6) is -1.47. The Morgan fingerprint density at radius 2 is 2.08 bits per heavy atom. The van der Waals surface area contributed by atoms with Gasteiger partial charge in [-0.25, -0.2) is 9.59 Å². The van der Waals surface area contributed by atoms with Crippen molar-refractivity contribution in [3.8, 4) is 11.5 Å². The molecule has 3 N–H and O–H groups in total. The monoisotopic (exact) mass is 381 g/mol. The fourth-order valence-electron chi connectivity index (χ4n) is 2.28. The number of nitrogen functional groups attached to an aromatic ring is 1. The molecule has 0 aliphatic carbocycles. The summed E-state index contributed by atoms with van der Waals surface area (Å²) >= 11 is 5.98. The standard InChI is InChI=1S/C15H12ClN3O7/c1-19-12(17)10(13(21)18-15(19)23)8(20)4-24-14(22)6-2-7(16)11-9(3-6)25-5-26-11/h2-3H,4-5,17H2,1H3,(H,18,21,23). The Kier molecular flexibility index (Phi) is 4.43. The van der Waals surface area contributed by atoms with Crippen LogP contribution in [0, 0.1) is 0 Å². The highest BCUT2D eigenvalue weighted by atomic mass is 35.5. The van der Waals surface area contributed by atoms with E-state index in [0.29, 0.717) is 5.75 Å². The van der Waals surface area contributed by atoms with Gasteiger partial charge in [0.2, 0.25) is 12.6 Å². The van der Waals surface area contributed by atoms with E-state index < -0.39 is 35.2 Å². The lowest BCUT2D eigenvalue weighted by Crippen LogP contribution is -2.35. The van der Waals surface area contributed by atoms with Crippen LogP contribution in [0.1, 0.15) is 20.7 Å². The summed E-state index contributed by atoms with van der Waals surface area (Å²) in [6.07, 6.45) is 0. The minimum absolute atomic E-state index is 0.0270. The van der Waals surface area contributed by atoms with Crippen molar-refractivity contribution in [1.82, 2.24) is 9.55 Å². The van der Waals surface area contributed by atoms with Gasteiger partial charge in [0.25, 0.3) is 5.56 Å². The average molecular weight is 382 g/mol. The Labute approximate surface area is 150 Å². The molecule has 0 saturated heterocycles. The van der Waals surface area contributed by atoms with Crippen LogP contribution in [0.5, 0.6) is 11.5 Å². The molecular weight excluding hydrogens is 370 g/mol. The quantitative estimate of drug-likeness (QED) is 0.559. The highest BCUT2D eigenvalue weighted by molar-refractivity contribution is 6.32. The van der Waals surface area contributed by atoms with Crippen LogP contribution in [0.3, 0.4) is 0 Å². The predicted octanol–water partition coefficient (Wildman–Crippen LogP) is 0.0776. The van der Waals surface area contributed by atoms with Crippen LogP contribution in [-0.2, 0) is 11.8 Å². The molecule has 0 fully saturated rings. The van der Waals surface area contributed by atoms with Crippen LogP contribution in [0.2, 0.25) is 5.02 Å². The number of nitrogens with zero attached hydrogens (tertiary/aromatic N) is 1. The van der Waals surface area contributed by atoms with E-state index in [9.17, 15) is 19.2 Å². The lowest BCUT2D eigenvalue weighted by atomic mass is 10.2. The van der Waals surface area contributed by atoms with Crippen LogP contribution < -0.4 is 26.5 Å². The number of fused-ring (bicyclic) bond motifs is 1. The van der Waals surface area contributed by atoms with E-state index in [1.807, 2.05) is 4.98 Å². The predicted molar refractivity (Wildman–Crippen MR) is 88.9 cm³/mol. The summed E-state index contributed by atoms with van der Waals surface area (Å²) < 4.78 is 16.1. The molecule has 136 valence electrons. The topological polar surface area (TPSA) is 143 Å². The van der Waals surface area contributed by atoms with E-state index >= 15 is 0 Å². The summed E-state index contributed by atoms with van der Waals surface area (Å²) in [6.45, 7) is -0.781. The Morgan fingerprint density at radius 3 is 2.81 bits per heavy atom. The number of aromatic nitrogens is 2. The Balaban J connectivity index is 1.78. The van der Waals surface area contributed by atoms with Gasteiger partial charge in [-0.15, -0.1) is 0 Å². The molecule has 2 heterocycles. The van der Waals surface area contributed by atoms with Crippen molar-refractivity contribution in [3.63, 3.8) is 0 Å². The van der Waals surface area contributed by atoms with Crippen LogP contribution in [-0.4, -0.2) is 34.7 Å². The molecule has 1 aromatic heterocycles. The van der Waals surface area contributed by atoms with Gasteiger partial charge in [-0.05, 0) is 12.1 Å². The number of Topliss-reactive ketones (excluding diaryl/α,β-unsaturated/α-hetero) is 1. The number of halogens is 1. The number of esters is 1. The van der Waals surface area contributed by atoms with Crippen molar-refractivity contribution < 1.29 is 23.8 Å². The summed E-state index contributed by atoms with van der Waals surface area (Å²) in [5, 5.41) is 0.150. The maximum atomic E-state index is 12.2. The van der Waals surface area contributed by atoms with E-state index in [0.717, 1.165) is 4.57 Å². The van der Waals surface area contributed by atoms with E-state index in [1.165, 1.54) is 19.2 Å². The molecule has 1 aromatic carbocycles. The number of ether oxygens (including phenoxy) is 3. The summed E-state index contributed by atoms with van der Waals surface area (Å²) in [5.41, 5.74) is 3.46. The van der Waals surface area contributed by atoms with Crippen LogP contribution >= 0.6 is 11.6 Å². The van der Waals surface area contributed by atoms with Crippen LogP contribution in [0.25, 0.3) is 0 Å². The first-order valence-corrected chi connectivity index (χ1v) is 7.55. The van der Waals surface area contributed by atoms with Gasteiger partial charge >= 0.3 is 11.7 Å². The normalized spacial score (nSPS) is 12.1. The van der Waals surface area contributed by atoms with Crippen molar-refractivity contribution in [2.45, 2.75) is 0 Å². The zero-order chi connectivity index (χ0) is 19.0. The molecule has 26 heavy (non-hydrogen) atoms. The number of hydrogen-bond acceptors (Lipinski definition) is 8. The molecule has 0 unspecified atom stereocenters. The van der Waals surface area contributed by atoms with Crippen LogP contribution in [0.15, 0.2) is 21.7 Å². The number of carbonyl (C=O) groups excluding carboxylic acids is 2. The van der Waals surface area contributed by atoms with Crippen molar-refractivity contribution in [2.75, 3.05) is 19.1 Å². The van der Waals surface area contributed by atoms with Gasteiger partial charge in [0.05, 0.1) is 10.6 Å². The van der Waals surface area contributed by atoms with E-state index in [-0.39, 0.29) is 28.9 Å². The molecule has 0 bridgehead atoms. The fraction of sp³-hybridized carbons (Fsp3) is 0.200. The molecule has 1 aliphatic heterocycles. The number of benzene rings is 1. The maximum Gasteiger partial charge on any atom is 0.338 e. The summed E-state index contributed by atoms with van der Waals surface area (Å²) in [4.78, 5) is 49.4. The Hall–Kier alpha value is -3.27. The Morgan fingerprint density at radius 1 is 1.35 bits per heavy atom. The lowest BCUT2D eigenvalue weighted by molar-refractivity contribution is 0.0474. The lowest BCUT2D eigenvalue weighted by Gasteiger charge is -2.09. The fourth-order valence-corrected chi connectivity index (χ4v) is 2.54. The zero-order valence-electron chi connectivity index (χ0n) is 13.3. The first-order chi connectivity index (χ1) is 12.3. The van der Waals surface area contributed by atoms with Gasteiger partial charge in [0.15, 0.2) is 18.1 Å². The molecule has 0 radical (unpaired) electrons. The summed E-state index contributed by atoms with van der Waals surface area (Å²) in [7, 11) is 1.28. The largest absolute Gasteiger partial charge is 0.454 e. The van der Waals surface area contributed by atoms with Crippen LogP contribution in [0.4, 0.5) is 5.82 Å². The second kappa shape index (κ2) is 6.56. The highest BCUT2D eigenvalue weighted by Gasteiger charge is 2.23. The van der Waals surface area contributed by atoms with E-state index in [4.69, 9.17) is 31.5 Å². The maximum absolute atomic E-state index is 12.2. The number of carbonyl (C=O) groups is 2. The molecule has 0 amide bonds. The van der Waals surface area contributed by atoms with Crippen molar-refractivity contribution in [1.29, 1.82) is 0 Å². The number of H-pyrrole nitrogens is 1. The third-order valence-electron chi connectivity index (χ3n) is 3.65. The number of nitrogens with two attached hydrogens (primary N) is 1. The number of anilines is 1. The number of nitrogens with one attached hydrogen (secondary N) is 1. The third-order valence-corrected chi connectivity index (χ3v) is 3.93. The highest BCUT2D eigenvalue weighted by Crippen LogP contribution is 2.39. The Bertz CT molecular complexity index is 1040. The van der Waals surface area contributed by atoms with Crippen molar-refractivity contribution >= 4 is 29.2 Å². The second-order valence-corrected chi connectivity index (χ2v) is 5.68. The molecule has 1 aliphatic rings. The van der Waals surface area contributed by atoms with Crippen molar-refractivity contribution in [2.24, 2.45) is 7.05 Å². The van der Waals surface area contributed by atoms with Gasteiger partial charge in [-0.2, -0.15) is 0 Å². The van der Waals surface area contributed by atoms with Gasteiger partial charge < -0.3 is 19.9 Å². The van der Waals surface area contributed by atoms with Crippen molar-refractivity contribution in [3.05, 3.63) is 49.1 Å². The zero-order valence-corrected chi connectivity index (χ0v) is 14.1. The molecule has 11 heteroatoms. The molecule has 0 spiro atoms. The first kappa shape index (κ1) is 17.5. The smallest absolute Gasteiger partial charge is 0.338 e. The molecule has 2 aromatic rings. The number of aromatic amines is 1.